The minimum Gasteiger partial charge on any atom is -0.473 e. The van der Waals surface area contributed by atoms with Crippen molar-refractivity contribution in [1.29, 1.82) is 0 Å². The molecule has 0 spiro atoms. The van der Waals surface area contributed by atoms with E-state index >= 15 is 0 Å². The number of carboxylic acids is 2. The van der Waals surface area contributed by atoms with Crippen molar-refractivity contribution in [3.63, 3.8) is 0 Å². The molecule has 2 heterocycles. The quantitative estimate of drug-likeness (QED) is 0.406. The van der Waals surface area contributed by atoms with Crippen LogP contribution < -0.4 is 0 Å². The van der Waals surface area contributed by atoms with Gasteiger partial charge in [0.2, 0.25) is 0 Å². The molecule has 1 aliphatic rings. The average molecular weight is 506 g/mol. The molecule has 1 fully saturated rings. The molecule has 1 aromatic heterocycles. The van der Waals surface area contributed by atoms with E-state index in [2.05, 4.69) is 58.9 Å². The number of fused-ring (bicyclic) bond motifs is 3. The molecule has 37 heavy (non-hydrogen) atoms. The van der Waals surface area contributed by atoms with Gasteiger partial charge in [-0.25, -0.2) is 14.0 Å². The number of para-hydroxylation sites is 1. The van der Waals surface area contributed by atoms with Crippen LogP contribution in [0.3, 0.4) is 0 Å². The Hall–Kier alpha value is -4.24. The van der Waals surface area contributed by atoms with Crippen molar-refractivity contribution in [3.8, 4) is 0 Å². The minimum absolute atomic E-state index is 0.0899. The van der Waals surface area contributed by atoms with Gasteiger partial charge in [-0.2, -0.15) is 0 Å². The van der Waals surface area contributed by atoms with Crippen LogP contribution in [0.5, 0.6) is 0 Å². The lowest BCUT2D eigenvalue weighted by Gasteiger charge is -2.34. The Balaban J connectivity index is 0.000000480. The summed E-state index contributed by atoms with van der Waals surface area (Å²) >= 11 is 0. The van der Waals surface area contributed by atoms with Gasteiger partial charge in [0.25, 0.3) is 5.91 Å². The molecule has 0 aliphatic carbocycles. The number of halogens is 1. The van der Waals surface area contributed by atoms with Crippen molar-refractivity contribution in [1.82, 2.24) is 14.4 Å². The van der Waals surface area contributed by atoms with Crippen molar-refractivity contribution >= 4 is 39.7 Å². The molecule has 0 radical (unpaired) electrons. The molecule has 3 aromatic carbocycles. The molecule has 0 atom stereocenters. The number of carbonyl (C=O) groups excluding carboxylic acids is 1. The fourth-order valence-corrected chi connectivity index (χ4v) is 4.71. The SMILES string of the molecule is CCn1c2ccccc2c2cc(CN3CCN(C(=O)c4cccc(F)c4)CC3)ccc21.O=C(O)C(=O)O. The molecule has 192 valence electrons. The van der Waals surface area contributed by atoms with E-state index < -0.39 is 11.9 Å². The maximum absolute atomic E-state index is 13.5. The highest BCUT2D eigenvalue weighted by Crippen LogP contribution is 2.30. The molecule has 0 saturated carbocycles. The number of hydrogen-bond donors (Lipinski definition) is 2. The van der Waals surface area contributed by atoms with Gasteiger partial charge < -0.3 is 19.7 Å². The van der Waals surface area contributed by atoms with Gasteiger partial charge in [0, 0.05) is 66.6 Å². The van der Waals surface area contributed by atoms with Gasteiger partial charge in [-0.1, -0.05) is 30.3 Å². The van der Waals surface area contributed by atoms with E-state index in [1.165, 1.54) is 39.5 Å². The smallest absolute Gasteiger partial charge is 0.414 e. The van der Waals surface area contributed by atoms with Gasteiger partial charge in [0.05, 0.1) is 0 Å². The van der Waals surface area contributed by atoms with Gasteiger partial charge in [0.1, 0.15) is 5.82 Å². The van der Waals surface area contributed by atoms with Crippen LogP contribution in [0.25, 0.3) is 21.8 Å². The molecule has 9 heteroatoms. The third kappa shape index (κ3) is 5.78. The maximum atomic E-state index is 13.5. The topological polar surface area (TPSA) is 103 Å². The number of carbonyl (C=O) groups is 3. The summed E-state index contributed by atoms with van der Waals surface area (Å²) in [5.74, 6) is -4.11. The number of aromatic nitrogens is 1. The number of aryl methyl sites for hydroxylation is 1. The lowest BCUT2D eigenvalue weighted by Crippen LogP contribution is -2.48. The summed E-state index contributed by atoms with van der Waals surface area (Å²) < 4.78 is 15.8. The zero-order valence-electron chi connectivity index (χ0n) is 20.4. The second-order valence-electron chi connectivity index (χ2n) is 8.80. The number of amides is 1. The fraction of sp³-hybridized carbons (Fsp3) is 0.250. The molecule has 8 nitrogen and oxygen atoms in total. The first-order valence-corrected chi connectivity index (χ1v) is 12.0. The highest BCUT2D eigenvalue weighted by Gasteiger charge is 2.22. The first-order valence-electron chi connectivity index (χ1n) is 12.0. The lowest BCUT2D eigenvalue weighted by atomic mass is 10.1. The van der Waals surface area contributed by atoms with Crippen LogP contribution in [-0.2, 0) is 22.7 Å². The normalized spacial score (nSPS) is 13.8. The molecule has 1 amide bonds. The summed E-state index contributed by atoms with van der Waals surface area (Å²) in [6, 6.07) is 21.3. The Morgan fingerprint density at radius 2 is 1.49 bits per heavy atom. The van der Waals surface area contributed by atoms with Gasteiger partial charge in [-0.3, -0.25) is 9.69 Å². The van der Waals surface area contributed by atoms with Crippen LogP contribution in [0.1, 0.15) is 22.8 Å². The van der Waals surface area contributed by atoms with Crippen LogP contribution in [0, 0.1) is 5.82 Å². The first-order chi connectivity index (χ1) is 17.8. The maximum Gasteiger partial charge on any atom is 0.414 e. The zero-order valence-corrected chi connectivity index (χ0v) is 20.4. The number of piperazine rings is 1. The summed E-state index contributed by atoms with van der Waals surface area (Å²) in [6.07, 6.45) is 0. The monoisotopic (exact) mass is 505 g/mol. The van der Waals surface area contributed by atoms with Gasteiger partial charge >= 0.3 is 11.9 Å². The molecule has 0 unspecified atom stereocenters. The van der Waals surface area contributed by atoms with E-state index in [-0.39, 0.29) is 11.7 Å². The number of hydrogen-bond acceptors (Lipinski definition) is 4. The first kappa shape index (κ1) is 25.8. The van der Waals surface area contributed by atoms with Crippen molar-refractivity contribution < 1.29 is 29.0 Å². The fourth-order valence-electron chi connectivity index (χ4n) is 4.71. The average Bonchev–Trinajstić information content (AvgIpc) is 3.22. The van der Waals surface area contributed by atoms with E-state index in [9.17, 15) is 9.18 Å². The molecule has 2 N–H and O–H groups in total. The summed E-state index contributed by atoms with van der Waals surface area (Å²) in [7, 11) is 0. The Labute approximate surface area is 213 Å². The van der Waals surface area contributed by atoms with E-state index in [1.54, 1.807) is 12.1 Å². The molecular formula is C28H28FN3O5. The summed E-state index contributed by atoms with van der Waals surface area (Å²) in [5, 5.41) is 17.4. The second kappa shape index (κ2) is 11.2. The standard InChI is InChI=1S/C26H26FN3O.C2H2O4/c1-2-30-24-9-4-3-8-22(24)23-16-19(10-11-25(23)30)18-28-12-14-29(15-13-28)26(31)20-6-5-7-21(27)17-20;3-1(4)2(5)6/h3-11,16-17H,2,12-15,18H2,1H3;(H,3,4)(H,5,6). The van der Waals surface area contributed by atoms with Gasteiger partial charge in [0.15, 0.2) is 0 Å². The highest BCUT2D eigenvalue weighted by molar-refractivity contribution is 6.27. The summed E-state index contributed by atoms with van der Waals surface area (Å²) in [6.45, 7) is 6.95. The zero-order chi connectivity index (χ0) is 26.5. The third-order valence-corrected chi connectivity index (χ3v) is 6.47. The van der Waals surface area contributed by atoms with E-state index in [0.717, 1.165) is 26.2 Å². The third-order valence-electron chi connectivity index (χ3n) is 6.47. The van der Waals surface area contributed by atoms with Crippen molar-refractivity contribution in [2.24, 2.45) is 0 Å². The van der Waals surface area contributed by atoms with Crippen molar-refractivity contribution in [3.05, 3.63) is 83.7 Å². The second-order valence-corrected chi connectivity index (χ2v) is 8.80. The largest absolute Gasteiger partial charge is 0.473 e. The Morgan fingerprint density at radius 3 is 2.14 bits per heavy atom. The van der Waals surface area contributed by atoms with Crippen LogP contribution in [0.2, 0.25) is 0 Å². The van der Waals surface area contributed by atoms with Gasteiger partial charge in [-0.05, 0) is 48.9 Å². The lowest BCUT2D eigenvalue weighted by molar-refractivity contribution is -0.159. The molecule has 1 aliphatic heterocycles. The van der Waals surface area contributed by atoms with Crippen LogP contribution in [-0.4, -0.2) is 68.6 Å². The van der Waals surface area contributed by atoms with Crippen molar-refractivity contribution in [2.75, 3.05) is 26.2 Å². The molecule has 4 aromatic rings. The number of rotatable bonds is 4. The van der Waals surface area contributed by atoms with Crippen molar-refractivity contribution in [2.45, 2.75) is 20.0 Å². The van der Waals surface area contributed by atoms with E-state index in [0.29, 0.717) is 18.7 Å². The Kier molecular flexibility index (Phi) is 7.83. The number of aliphatic carboxylic acids is 2. The van der Waals surface area contributed by atoms with Crippen LogP contribution >= 0.6 is 0 Å². The minimum atomic E-state index is -1.82. The summed E-state index contributed by atoms with van der Waals surface area (Å²) in [4.78, 5) is 35.1. The molecular weight excluding hydrogens is 477 g/mol. The van der Waals surface area contributed by atoms with E-state index in [4.69, 9.17) is 19.8 Å². The van der Waals surface area contributed by atoms with E-state index in [1.807, 2.05) is 4.90 Å². The predicted octanol–water partition coefficient (Wildman–Crippen LogP) is 4.07. The van der Waals surface area contributed by atoms with Crippen LogP contribution in [0.4, 0.5) is 4.39 Å². The molecule has 5 rings (SSSR count). The number of carboxylic acid groups (broad SMARTS) is 2. The number of nitrogens with zero attached hydrogens (tertiary/aromatic N) is 3. The predicted molar refractivity (Wildman–Crippen MR) is 138 cm³/mol. The Morgan fingerprint density at radius 1 is 0.811 bits per heavy atom. The molecule has 1 saturated heterocycles. The Bertz CT molecular complexity index is 1450. The molecule has 0 bridgehead atoms. The highest BCUT2D eigenvalue weighted by atomic mass is 19.1. The summed E-state index contributed by atoms with van der Waals surface area (Å²) in [5.41, 5.74) is 4.27. The van der Waals surface area contributed by atoms with Crippen LogP contribution in [0.15, 0.2) is 66.7 Å². The number of benzene rings is 3. The van der Waals surface area contributed by atoms with Gasteiger partial charge in [-0.15, -0.1) is 0 Å².